The van der Waals surface area contributed by atoms with Crippen molar-refractivity contribution in [1.29, 1.82) is 0 Å². The predicted octanol–water partition coefficient (Wildman–Crippen LogP) is 2.09. The van der Waals surface area contributed by atoms with Crippen molar-refractivity contribution >= 4 is 17.7 Å². The van der Waals surface area contributed by atoms with Crippen LogP contribution in [0.3, 0.4) is 0 Å². The van der Waals surface area contributed by atoms with E-state index in [-0.39, 0.29) is 10.8 Å². The van der Waals surface area contributed by atoms with Gasteiger partial charge in [0.2, 0.25) is 0 Å². The van der Waals surface area contributed by atoms with Crippen LogP contribution in [0.25, 0.3) is 0 Å². The zero-order valence-corrected chi connectivity index (χ0v) is 15.8. The van der Waals surface area contributed by atoms with Crippen molar-refractivity contribution in [2.24, 2.45) is 4.99 Å². The molecule has 0 aromatic heterocycles. The Bertz CT molecular complexity index is 436. The molecule has 9 heteroatoms. The predicted molar refractivity (Wildman–Crippen MR) is 96.3 cm³/mol. The lowest BCUT2D eigenvalue weighted by Crippen LogP contribution is -2.50. The molecule has 0 saturated carbocycles. The third-order valence-corrected chi connectivity index (χ3v) is 6.13. The van der Waals surface area contributed by atoms with Crippen LogP contribution in [-0.2, 0) is 4.74 Å². The summed E-state index contributed by atoms with van der Waals surface area (Å²) in [5.74, 6) is 1.71. The van der Waals surface area contributed by atoms with Crippen LogP contribution < -0.4 is 10.6 Å². The van der Waals surface area contributed by atoms with E-state index >= 15 is 0 Å². The van der Waals surface area contributed by atoms with E-state index < -0.39 is 12.7 Å². The number of rotatable bonds is 6. The van der Waals surface area contributed by atoms with Crippen LogP contribution in [-0.4, -0.2) is 80.0 Å². The Balaban J connectivity index is 1.80. The first-order chi connectivity index (χ1) is 11.9. The maximum absolute atomic E-state index is 12.5. The van der Waals surface area contributed by atoms with Gasteiger partial charge in [-0.2, -0.15) is 24.9 Å². The molecule has 0 amide bonds. The van der Waals surface area contributed by atoms with Gasteiger partial charge >= 0.3 is 6.18 Å². The number of aliphatic imine (C=N–C) groups is 1. The molecule has 1 atom stereocenters. The van der Waals surface area contributed by atoms with Crippen molar-refractivity contribution in [2.75, 3.05) is 52.2 Å². The summed E-state index contributed by atoms with van der Waals surface area (Å²) in [6, 6.07) is -0.00184. The second kappa shape index (κ2) is 9.32. The van der Waals surface area contributed by atoms with Crippen molar-refractivity contribution in [2.45, 2.75) is 43.2 Å². The van der Waals surface area contributed by atoms with Crippen LogP contribution in [0.15, 0.2) is 4.99 Å². The molecule has 0 spiro atoms. The van der Waals surface area contributed by atoms with Gasteiger partial charge < -0.3 is 15.4 Å². The van der Waals surface area contributed by atoms with E-state index in [4.69, 9.17) is 4.74 Å². The van der Waals surface area contributed by atoms with Crippen LogP contribution >= 0.6 is 11.8 Å². The molecule has 2 heterocycles. The molecule has 0 bridgehead atoms. The Morgan fingerprint density at radius 2 is 2.08 bits per heavy atom. The first-order valence-electron chi connectivity index (χ1n) is 8.84. The highest BCUT2D eigenvalue weighted by Crippen LogP contribution is 2.34. The minimum atomic E-state index is -4.14. The topological polar surface area (TPSA) is 48.9 Å². The standard InChI is InChI=1S/C16H29F3N4OS/c1-3-25-15(5-8-24-9-6-15)11-21-14(20-2)22-13-4-7-23(10-13)12-16(17,18)19/h13H,3-12H2,1-2H3,(H2,20,21,22). The molecule has 0 aromatic carbocycles. The van der Waals surface area contributed by atoms with Gasteiger partial charge in [0, 0.05) is 50.7 Å². The summed E-state index contributed by atoms with van der Waals surface area (Å²) < 4.78 is 43.1. The van der Waals surface area contributed by atoms with Gasteiger partial charge in [0.15, 0.2) is 5.96 Å². The number of thioether (sulfide) groups is 1. The number of ether oxygens (including phenoxy) is 1. The number of likely N-dealkylation sites (tertiary alicyclic amines) is 1. The smallest absolute Gasteiger partial charge is 0.381 e. The lowest BCUT2D eigenvalue weighted by atomic mass is 9.99. The second-order valence-corrected chi connectivity index (χ2v) is 8.37. The number of nitrogens with zero attached hydrogens (tertiary/aromatic N) is 2. The first kappa shape index (κ1) is 20.6. The Hall–Kier alpha value is -0.670. The maximum atomic E-state index is 12.5. The number of alkyl halides is 3. The summed E-state index contributed by atoms with van der Waals surface area (Å²) in [7, 11) is 1.70. The van der Waals surface area contributed by atoms with Gasteiger partial charge in [-0.1, -0.05) is 6.92 Å². The monoisotopic (exact) mass is 382 g/mol. The molecule has 25 heavy (non-hydrogen) atoms. The van der Waals surface area contributed by atoms with E-state index in [9.17, 15) is 13.2 Å². The number of guanidine groups is 1. The normalized spacial score (nSPS) is 25.2. The summed E-state index contributed by atoms with van der Waals surface area (Å²) >= 11 is 1.94. The summed E-state index contributed by atoms with van der Waals surface area (Å²) in [5.41, 5.74) is 0. The molecule has 0 radical (unpaired) electrons. The molecule has 0 aromatic rings. The fraction of sp³-hybridized carbons (Fsp3) is 0.938. The van der Waals surface area contributed by atoms with Crippen molar-refractivity contribution in [3.63, 3.8) is 0 Å². The fourth-order valence-electron chi connectivity index (χ4n) is 3.40. The zero-order chi connectivity index (χ0) is 18.3. The molecule has 5 nitrogen and oxygen atoms in total. The molecular weight excluding hydrogens is 353 g/mol. The summed E-state index contributed by atoms with van der Waals surface area (Å²) in [5, 5.41) is 6.65. The van der Waals surface area contributed by atoms with Gasteiger partial charge in [0.05, 0.1) is 6.54 Å². The fourth-order valence-corrected chi connectivity index (χ4v) is 4.64. The average molecular weight is 382 g/mol. The lowest BCUT2D eigenvalue weighted by molar-refractivity contribution is -0.143. The first-order valence-corrected chi connectivity index (χ1v) is 9.82. The Labute approximate surface area is 152 Å². The summed E-state index contributed by atoms with van der Waals surface area (Å²) in [6.45, 7) is 4.50. The van der Waals surface area contributed by atoms with E-state index in [1.165, 1.54) is 4.90 Å². The minimum Gasteiger partial charge on any atom is -0.381 e. The summed E-state index contributed by atoms with van der Waals surface area (Å²) in [6.07, 6.45) is -1.45. The SMILES string of the molecule is CCSC1(CNC(=NC)NC2CCN(CC(F)(F)F)C2)CCOCC1. The molecule has 2 saturated heterocycles. The van der Waals surface area contributed by atoms with Crippen molar-refractivity contribution < 1.29 is 17.9 Å². The van der Waals surface area contributed by atoms with Crippen LogP contribution in [0.2, 0.25) is 0 Å². The van der Waals surface area contributed by atoms with Crippen LogP contribution in [0.4, 0.5) is 13.2 Å². The minimum absolute atomic E-state index is 0.00184. The number of hydrogen-bond donors (Lipinski definition) is 2. The van der Waals surface area contributed by atoms with Crippen LogP contribution in [0.5, 0.6) is 0 Å². The van der Waals surface area contributed by atoms with Crippen molar-refractivity contribution in [1.82, 2.24) is 15.5 Å². The number of hydrogen-bond acceptors (Lipinski definition) is 4. The highest BCUT2D eigenvalue weighted by Gasteiger charge is 2.35. The largest absolute Gasteiger partial charge is 0.401 e. The number of nitrogens with one attached hydrogen (secondary N) is 2. The molecule has 0 aliphatic carbocycles. The van der Waals surface area contributed by atoms with Gasteiger partial charge in [0.1, 0.15) is 0 Å². The van der Waals surface area contributed by atoms with Gasteiger partial charge in [-0.15, -0.1) is 0 Å². The number of halogens is 3. The second-order valence-electron chi connectivity index (χ2n) is 6.63. The molecule has 2 rings (SSSR count). The molecule has 2 N–H and O–H groups in total. The van der Waals surface area contributed by atoms with Crippen molar-refractivity contribution in [3.05, 3.63) is 0 Å². The van der Waals surface area contributed by atoms with Crippen LogP contribution in [0, 0.1) is 0 Å². The van der Waals surface area contributed by atoms with Crippen LogP contribution in [0.1, 0.15) is 26.2 Å². The van der Waals surface area contributed by atoms with E-state index in [0.717, 1.165) is 38.4 Å². The van der Waals surface area contributed by atoms with E-state index in [0.29, 0.717) is 25.5 Å². The molecule has 2 fully saturated rings. The quantitative estimate of drug-likeness (QED) is 0.544. The van der Waals surface area contributed by atoms with E-state index in [1.54, 1.807) is 7.05 Å². The zero-order valence-electron chi connectivity index (χ0n) is 15.0. The average Bonchev–Trinajstić information content (AvgIpc) is 2.97. The molecular formula is C16H29F3N4OS. The van der Waals surface area contributed by atoms with E-state index in [1.807, 2.05) is 11.8 Å². The molecule has 1 unspecified atom stereocenters. The third kappa shape index (κ3) is 6.86. The lowest BCUT2D eigenvalue weighted by Gasteiger charge is -2.37. The molecule has 146 valence electrons. The van der Waals surface area contributed by atoms with Crippen molar-refractivity contribution in [3.8, 4) is 0 Å². The van der Waals surface area contributed by atoms with Gasteiger partial charge in [-0.25, -0.2) is 0 Å². The van der Waals surface area contributed by atoms with Gasteiger partial charge in [-0.05, 0) is 25.0 Å². The highest BCUT2D eigenvalue weighted by atomic mass is 32.2. The maximum Gasteiger partial charge on any atom is 0.401 e. The molecule has 2 aliphatic rings. The van der Waals surface area contributed by atoms with Gasteiger partial charge in [0.25, 0.3) is 0 Å². The van der Waals surface area contributed by atoms with Gasteiger partial charge in [-0.3, -0.25) is 9.89 Å². The Kier molecular flexibility index (Phi) is 7.69. The highest BCUT2D eigenvalue weighted by molar-refractivity contribution is 8.00. The molecule has 2 aliphatic heterocycles. The summed E-state index contributed by atoms with van der Waals surface area (Å²) in [4.78, 5) is 5.68. The van der Waals surface area contributed by atoms with E-state index in [2.05, 4.69) is 22.5 Å². The Morgan fingerprint density at radius 3 is 2.68 bits per heavy atom. The third-order valence-electron chi connectivity index (χ3n) is 4.67. The Morgan fingerprint density at radius 1 is 1.36 bits per heavy atom.